The molecule has 1 heterocycles. The number of para-hydroxylation sites is 1. The molecule has 0 aliphatic carbocycles. The third-order valence-electron chi connectivity index (χ3n) is 4.12. The van der Waals surface area contributed by atoms with Crippen molar-refractivity contribution in [2.45, 2.75) is 12.5 Å². The van der Waals surface area contributed by atoms with Crippen LogP contribution >= 0.6 is 11.8 Å². The molecule has 1 saturated heterocycles. The normalized spacial score (nSPS) is 16.8. The number of hydrogen-bond acceptors (Lipinski definition) is 7. The van der Waals surface area contributed by atoms with E-state index in [1.807, 2.05) is 0 Å². The minimum Gasteiger partial charge on any atom is -0.505 e. The number of benzene rings is 1. The second kappa shape index (κ2) is 6.79. The Bertz CT molecular complexity index is 881. The Morgan fingerprint density at radius 2 is 1.96 bits per heavy atom. The molecule has 1 atom stereocenters. The van der Waals surface area contributed by atoms with Crippen LogP contribution in [-0.4, -0.2) is 47.6 Å². The zero-order valence-corrected chi connectivity index (χ0v) is 14.8. The van der Waals surface area contributed by atoms with Gasteiger partial charge in [-0.15, -0.1) is 0 Å². The SMILES string of the molecule is CN(C)C(=O)c1cccc(Nc2c(NC3CCSC3)c(=O)c2=O)c1O. The van der Waals surface area contributed by atoms with E-state index in [1.54, 1.807) is 38.0 Å². The number of amides is 1. The van der Waals surface area contributed by atoms with Gasteiger partial charge in [-0.05, 0) is 24.3 Å². The zero-order chi connectivity index (χ0) is 18.1. The van der Waals surface area contributed by atoms with E-state index in [0.29, 0.717) is 0 Å². The summed E-state index contributed by atoms with van der Waals surface area (Å²) in [7, 11) is 3.17. The number of phenolic OH excluding ortho intramolecular Hbond substituents is 1. The quantitative estimate of drug-likeness (QED) is 0.546. The van der Waals surface area contributed by atoms with Gasteiger partial charge in [0, 0.05) is 25.9 Å². The minimum atomic E-state index is -0.628. The van der Waals surface area contributed by atoms with E-state index in [0.717, 1.165) is 17.9 Å². The smallest absolute Gasteiger partial charge is 0.257 e. The first-order valence-electron chi connectivity index (χ1n) is 7.88. The molecule has 3 N–H and O–H groups in total. The summed E-state index contributed by atoms with van der Waals surface area (Å²) in [4.78, 5) is 37.2. The fourth-order valence-electron chi connectivity index (χ4n) is 2.69. The summed E-state index contributed by atoms with van der Waals surface area (Å²) >= 11 is 1.79. The van der Waals surface area contributed by atoms with Crippen LogP contribution in [0.25, 0.3) is 0 Å². The van der Waals surface area contributed by atoms with E-state index in [2.05, 4.69) is 10.6 Å². The Balaban J connectivity index is 1.87. The predicted octanol–water partition coefficient (Wildman–Crippen LogP) is 1.35. The monoisotopic (exact) mass is 361 g/mol. The van der Waals surface area contributed by atoms with Crippen LogP contribution in [-0.2, 0) is 0 Å². The Morgan fingerprint density at radius 1 is 1.24 bits per heavy atom. The summed E-state index contributed by atoms with van der Waals surface area (Å²) in [5.41, 5.74) is -0.469. The summed E-state index contributed by atoms with van der Waals surface area (Å²) in [5.74, 6) is 1.30. The van der Waals surface area contributed by atoms with Crippen molar-refractivity contribution in [3.05, 3.63) is 44.2 Å². The van der Waals surface area contributed by atoms with Gasteiger partial charge in [0.05, 0.1) is 11.3 Å². The number of carbonyl (C=O) groups excluding carboxylic acids is 1. The van der Waals surface area contributed by atoms with Crippen molar-refractivity contribution in [1.29, 1.82) is 0 Å². The lowest BCUT2D eigenvalue weighted by Crippen LogP contribution is -2.39. The Morgan fingerprint density at radius 3 is 2.60 bits per heavy atom. The van der Waals surface area contributed by atoms with E-state index < -0.39 is 10.9 Å². The molecule has 0 bridgehead atoms. The highest BCUT2D eigenvalue weighted by molar-refractivity contribution is 7.99. The molecular weight excluding hydrogens is 342 g/mol. The van der Waals surface area contributed by atoms with Crippen LogP contribution in [0.15, 0.2) is 27.8 Å². The predicted molar refractivity (Wildman–Crippen MR) is 100 cm³/mol. The van der Waals surface area contributed by atoms with Crippen LogP contribution in [0.5, 0.6) is 5.75 Å². The van der Waals surface area contributed by atoms with Crippen molar-refractivity contribution in [3.8, 4) is 5.75 Å². The van der Waals surface area contributed by atoms with Crippen LogP contribution < -0.4 is 21.5 Å². The molecular formula is C17H19N3O4S. The molecule has 7 nitrogen and oxygen atoms in total. The first kappa shape index (κ1) is 17.3. The average Bonchev–Trinajstić information content (AvgIpc) is 3.11. The maximum absolute atomic E-state index is 12.1. The molecule has 1 amide bonds. The van der Waals surface area contributed by atoms with Gasteiger partial charge in [0.25, 0.3) is 16.8 Å². The molecule has 25 heavy (non-hydrogen) atoms. The standard InChI is InChI=1S/C17H19N3O4S/c1-20(2)17(24)10-4-3-5-11(14(10)21)19-13-12(15(22)16(13)23)18-9-6-7-25-8-9/h3-5,9,18-19,21H,6-8H2,1-2H3. The van der Waals surface area contributed by atoms with Gasteiger partial charge >= 0.3 is 0 Å². The van der Waals surface area contributed by atoms with E-state index in [1.165, 1.54) is 11.0 Å². The fraction of sp³-hybridized carbons (Fsp3) is 0.353. The molecule has 0 saturated carbocycles. The van der Waals surface area contributed by atoms with Gasteiger partial charge in [-0.2, -0.15) is 11.8 Å². The highest BCUT2D eigenvalue weighted by Gasteiger charge is 2.26. The third-order valence-corrected chi connectivity index (χ3v) is 5.28. The van der Waals surface area contributed by atoms with E-state index in [-0.39, 0.29) is 40.3 Å². The molecule has 132 valence electrons. The van der Waals surface area contributed by atoms with E-state index >= 15 is 0 Å². The van der Waals surface area contributed by atoms with E-state index in [9.17, 15) is 19.5 Å². The first-order valence-corrected chi connectivity index (χ1v) is 9.04. The molecule has 0 radical (unpaired) electrons. The summed E-state index contributed by atoms with van der Waals surface area (Å²) in [5, 5.41) is 16.3. The van der Waals surface area contributed by atoms with Crippen molar-refractivity contribution in [1.82, 2.24) is 4.90 Å². The number of nitrogens with one attached hydrogen (secondary N) is 2. The molecule has 2 aromatic rings. The number of phenols is 1. The van der Waals surface area contributed by atoms with Crippen molar-refractivity contribution in [3.63, 3.8) is 0 Å². The van der Waals surface area contributed by atoms with Crippen LogP contribution in [0, 0.1) is 0 Å². The summed E-state index contributed by atoms with van der Waals surface area (Å²) in [6, 6.07) is 4.81. The lowest BCUT2D eigenvalue weighted by atomic mass is 10.1. The average molecular weight is 361 g/mol. The Hall–Kier alpha value is -2.48. The Labute approximate surface area is 148 Å². The maximum Gasteiger partial charge on any atom is 0.257 e. The number of thioether (sulfide) groups is 1. The molecule has 3 rings (SSSR count). The summed E-state index contributed by atoms with van der Waals surface area (Å²) in [6.07, 6.45) is 0.932. The summed E-state index contributed by atoms with van der Waals surface area (Å²) in [6.45, 7) is 0. The minimum absolute atomic E-state index is 0.121. The van der Waals surface area contributed by atoms with Crippen molar-refractivity contribution < 1.29 is 9.90 Å². The lowest BCUT2D eigenvalue weighted by molar-refractivity contribution is 0.0825. The van der Waals surface area contributed by atoms with Crippen LogP contribution in [0.3, 0.4) is 0 Å². The second-order valence-electron chi connectivity index (χ2n) is 6.14. The topological polar surface area (TPSA) is 98.7 Å². The molecule has 1 aliphatic heterocycles. The highest BCUT2D eigenvalue weighted by atomic mass is 32.2. The largest absolute Gasteiger partial charge is 0.505 e. The van der Waals surface area contributed by atoms with Crippen molar-refractivity contribution in [2.24, 2.45) is 0 Å². The number of rotatable bonds is 5. The maximum atomic E-state index is 12.1. The second-order valence-corrected chi connectivity index (χ2v) is 7.29. The number of carbonyl (C=O) groups is 1. The molecule has 0 aromatic heterocycles. The van der Waals surface area contributed by atoms with Gasteiger partial charge in [-0.25, -0.2) is 0 Å². The Kier molecular flexibility index (Phi) is 4.71. The number of nitrogens with zero attached hydrogens (tertiary/aromatic N) is 1. The first-order chi connectivity index (χ1) is 11.9. The van der Waals surface area contributed by atoms with E-state index in [4.69, 9.17) is 0 Å². The molecule has 8 heteroatoms. The molecule has 1 unspecified atom stereocenters. The number of aromatic hydroxyl groups is 1. The zero-order valence-electron chi connectivity index (χ0n) is 14.0. The lowest BCUT2D eigenvalue weighted by Gasteiger charge is -2.19. The van der Waals surface area contributed by atoms with Gasteiger partial charge in [0.15, 0.2) is 5.75 Å². The van der Waals surface area contributed by atoms with Gasteiger partial charge < -0.3 is 20.6 Å². The van der Waals surface area contributed by atoms with Gasteiger partial charge in [0.1, 0.15) is 11.4 Å². The van der Waals surface area contributed by atoms with Crippen molar-refractivity contribution in [2.75, 3.05) is 36.2 Å². The third kappa shape index (κ3) is 3.21. The van der Waals surface area contributed by atoms with Gasteiger partial charge in [0.2, 0.25) is 0 Å². The molecule has 1 aliphatic rings. The van der Waals surface area contributed by atoms with Gasteiger partial charge in [-0.1, -0.05) is 6.07 Å². The molecule has 1 fully saturated rings. The van der Waals surface area contributed by atoms with Crippen LogP contribution in [0.2, 0.25) is 0 Å². The number of hydrogen-bond donors (Lipinski definition) is 3. The van der Waals surface area contributed by atoms with Crippen molar-refractivity contribution >= 4 is 34.7 Å². The fourth-order valence-corrected chi connectivity index (χ4v) is 3.85. The molecule has 2 aromatic carbocycles. The molecule has 0 spiro atoms. The number of anilines is 3. The van der Waals surface area contributed by atoms with Crippen LogP contribution in [0.4, 0.5) is 17.1 Å². The highest BCUT2D eigenvalue weighted by Crippen LogP contribution is 2.32. The van der Waals surface area contributed by atoms with Crippen LogP contribution in [0.1, 0.15) is 16.8 Å². The van der Waals surface area contributed by atoms with Gasteiger partial charge in [-0.3, -0.25) is 14.4 Å². The summed E-state index contributed by atoms with van der Waals surface area (Å²) < 4.78 is 0.